The van der Waals surface area contributed by atoms with Crippen LogP contribution in [0.1, 0.15) is 34.1 Å². The molecule has 1 heterocycles. The van der Waals surface area contributed by atoms with Gasteiger partial charge >= 0.3 is 12.0 Å². The Morgan fingerprint density at radius 2 is 1.94 bits per heavy atom. The van der Waals surface area contributed by atoms with Crippen LogP contribution in [0.25, 0.3) is 0 Å². The van der Waals surface area contributed by atoms with Gasteiger partial charge in [0.15, 0.2) is 0 Å². The lowest BCUT2D eigenvalue weighted by Crippen LogP contribution is -2.54. The Bertz CT molecular complexity index is 342. The van der Waals surface area contributed by atoms with Gasteiger partial charge in [0.25, 0.3) is 0 Å². The molecule has 0 aromatic heterocycles. The van der Waals surface area contributed by atoms with Crippen LogP contribution in [0, 0.1) is 0 Å². The van der Waals surface area contributed by atoms with Gasteiger partial charge in [-0.2, -0.15) is 11.8 Å². The van der Waals surface area contributed by atoms with Gasteiger partial charge in [0.1, 0.15) is 5.54 Å². The number of nitrogens with zero attached hydrogens (tertiary/aromatic N) is 1. The molecule has 0 atom stereocenters. The largest absolute Gasteiger partial charge is 0.480 e. The van der Waals surface area contributed by atoms with Crippen molar-refractivity contribution in [1.29, 1.82) is 0 Å². The van der Waals surface area contributed by atoms with Crippen LogP contribution >= 0.6 is 11.8 Å². The average Bonchev–Trinajstić information content (AvgIpc) is 2.38. The second-order valence-corrected chi connectivity index (χ2v) is 7.51. The zero-order valence-electron chi connectivity index (χ0n) is 11.4. The van der Waals surface area contributed by atoms with E-state index in [0.29, 0.717) is 13.1 Å². The third-order valence-corrected chi connectivity index (χ3v) is 4.45. The molecule has 5 nitrogen and oxygen atoms in total. The molecular formula is C12H22N2O3S. The zero-order valence-corrected chi connectivity index (χ0v) is 12.3. The molecule has 1 aliphatic heterocycles. The summed E-state index contributed by atoms with van der Waals surface area (Å²) in [6, 6.07) is -0.291. The quantitative estimate of drug-likeness (QED) is 0.805. The van der Waals surface area contributed by atoms with Crippen molar-refractivity contribution in [2.45, 2.75) is 44.4 Å². The number of amides is 2. The van der Waals surface area contributed by atoms with Crippen molar-refractivity contribution in [1.82, 2.24) is 10.2 Å². The minimum Gasteiger partial charge on any atom is -0.480 e. The smallest absolute Gasteiger partial charge is 0.328 e. The number of thioether (sulfide) groups is 1. The third-order valence-electron chi connectivity index (χ3n) is 3.08. The number of aliphatic carboxylic acids is 1. The van der Waals surface area contributed by atoms with E-state index in [1.165, 1.54) is 13.8 Å². The summed E-state index contributed by atoms with van der Waals surface area (Å²) < 4.78 is 0.178. The lowest BCUT2D eigenvalue weighted by molar-refractivity contribution is -0.143. The van der Waals surface area contributed by atoms with E-state index in [0.717, 1.165) is 12.2 Å². The first kappa shape index (κ1) is 15.1. The molecule has 0 saturated carbocycles. The fraction of sp³-hybridized carbons (Fsp3) is 0.833. The monoisotopic (exact) mass is 274 g/mol. The Morgan fingerprint density at radius 1 is 1.33 bits per heavy atom. The summed E-state index contributed by atoms with van der Waals surface area (Å²) in [6.07, 6.45) is 0.915. The molecule has 1 aliphatic rings. The molecule has 104 valence electrons. The highest BCUT2D eigenvalue weighted by molar-refractivity contribution is 8.00. The van der Waals surface area contributed by atoms with E-state index < -0.39 is 11.5 Å². The Kier molecular flexibility index (Phi) is 4.53. The fourth-order valence-corrected chi connectivity index (χ4v) is 2.72. The van der Waals surface area contributed by atoms with Gasteiger partial charge in [0.05, 0.1) is 0 Å². The van der Waals surface area contributed by atoms with Crippen molar-refractivity contribution < 1.29 is 14.7 Å². The number of carbonyl (C=O) groups excluding carboxylic acids is 1. The second-order valence-electron chi connectivity index (χ2n) is 5.71. The van der Waals surface area contributed by atoms with Crippen molar-refractivity contribution >= 4 is 23.8 Å². The van der Waals surface area contributed by atoms with Gasteiger partial charge in [0, 0.05) is 23.6 Å². The van der Waals surface area contributed by atoms with Crippen LogP contribution in [0.2, 0.25) is 0 Å². The van der Waals surface area contributed by atoms with Crippen LogP contribution in [0.15, 0.2) is 0 Å². The maximum atomic E-state index is 12.0. The van der Waals surface area contributed by atoms with E-state index >= 15 is 0 Å². The highest BCUT2D eigenvalue weighted by Crippen LogP contribution is 2.30. The van der Waals surface area contributed by atoms with Crippen molar-refractivity contribution in [2.24, 2.45) is 0 Å². The number of carboxylic acid groups (broad SMARTS) is 1. The third kappa shape index (κ3) is 4.08. The molecule has 0 bridgehead atoms. The summed E-state index contributed by atoms with van der Waals surface area (Å²) in [5.74, 6) is -0.145. The van der Waals surface area contributed by atoms with E-state index in [2.05, 4.69) is 19.2 Å². The Balaban J connectivity index is 2.60. The summed E-state index contributed by atoms with van der Waals surface area (Å²) in [6.45, 7) is 8.64. The van der Waals surface area contributed by atoms with Crippen molar-refractivity contribution in [3.63, 3.8) is 0 Å². The Hall–Kier alpha value is -0.910. The standard InChI is InChI=1S/C12H22N2O3S/c1-11(2)5-6-14(7-8-18-11)10(17)13-12(3,4)9(15)16/h5-8H2,1-4H3,(H,13,17)(H,15,16). The molecule has 0 aromatic carbocycles. The second kappa shape index (κ2) is 5.38. The molecule has 1 fully saturated rings. The summed E-state index contributed by atoms with van der Waals surface area (Å²) in [4.78, 5) is 24.7. The Labute approximate surface area is 112 Å². The number of carbonyl (C=O) groups is 2. The van der Waals surface area contributed by atoms with Crippen LogP contribution in [0.4, 0.5) is 4.79 Å². The van der Waals surface area contributed by atoms with Crippen molar-refractivity contribution in [2.75, 3.05) is 18.8 Å². The SMILES string of the molecule is CC1(C)CCN(C(=O)NC(C)(C)C(=O)O)CCS1. The van der Waals surface area contributed by atoms with Gasteiger partial charge < -0.3 is 15.3 Å². The number of carboxylic acids is 1. The normalized spacial score (nSPS) is 20.1. The van der Waals surface area contributed by atoms with E-state index in [1.54, 1.807) is 4.90 Å². The minimum atomic E-state index is -1.23. The summed E-state index contributed by atoms with van der Waals surface area (Å²) >= 11 is 1.85. The molecule has 1 rings (SSSR count). The number of nitrogens with one attached hydrogen (secondary N) is 1. The van der Waals surface area contributed by atoms with Gasteiger partial charge in [-0.25, -0.2) is 9.59 Å². The molecular weight excluding hydrogens is 252 g/mol. The lowest BCUT2D eigenvalue weighted by Gasteiger charge is -2.27. The highest BCUT2D eigenvalue weighted by atomic mass is 32.2. The average molecular weight is 274 g/mol. The number of hydrogen-bond donors (Lipinski definition) is 2. The molecule has 0 radical (unpaired) electrons. The molecule has 6 heteroatoms. The first-order valence-electron chi connectivity index (χ1n) is 6.08. The van der Waals surface area contributed by atoms with E-state index in [1.807, 2.05) is 11.8 Å². The van der Waals surface area contributed by atoms with Crippen molar-refractivity contribution in [3.05, 3.63) is 0 Å². The van der Waals surface area contributed by atoms with E-state index in [4.69, 9.17) is 5.11 Å². The van der Waals surface area contributed by atoms with Crippen LogP contribution in [-0.2, 0) is 4.79 Å². The van der Waals surface area contributed by atoms with Gasteiger partial charge in [-0.1, -0.05) is 13.8 Å². The zero-order chi connectivity index (χ0) is 14.0. The van der Waals surface area contributed by atoms with Gasteiger partial charge in [-0.05, 0) is 20.3 Å². The predicted octanol–water partition coefficient (Wildman–Crippen LogP) is 1.78. The summed E-state index contributed by atoms with van der Waals surface area (Å²) in [5, 5.41) is 11.5. The minimum absolute atomic E-state index is 0.178. The lowest BCUT2D eigenvalue weighted by atomic mass is 10.1. The van der Waals surface area contributed by atoms with Crippen molar-refractivity contribution in [3.8, 4) is 0 Å². The first-order chi connectivity index (χ1) is 8.14. The van der Waals surface area contributed by atoms with Crippen LogP contribution in [-0.4, -0.2) is 51.1 Å². The fourth-order valence-electron chi connectivity index (χ4n) is 1.62. The number of urea groups is 1. The maximum Gasteiger partial charge on any atom is 0.328 e. The topological polar surface area (TPSA) is 69.6 Å². The summed E-state index contributed by atoms with van der Waals surface area (Å²) in [7, 11) is 0. The van der Waals surface area contributed by atoms with Gasteiger partial charge in [-0.15, -0.1) is 0 Å². The predicted molar refractivity (Wildman–Crippen MR) is 73.0 cm³/mol. The maximum absolute atomic E-state index is 12.0. The van der Waals surface area contributed by atoms with Gasteiger partial charge in [0.2, 0.25) is 0 Å². The van der Waals surface area contributed by atoms with Crippen LogP contribution < -0.4 is 5.32 Å². The van der Waals surface area contributed by atoms with Crippen LogP contribution in [0.5, 0.6) is 0 Å². The molecule has 0 aliphatic carbocycles. The number of hydrogen-bond acceptors (Lipinski definition) is 3. The molecule has 1 saturated heterocycles. The van der Waals surface area contributed by atoms with Crippen LogP contribution in [0.3, 0.4) is 0 Å². The molecule has 18 heavy (non-hydrogen) atoms. The molecule has 0 unspecified atom stereocenters. The number of rotatable bonds is 2. The highest BCUT2D eigenvalue weighted by Gasteiger charge is 2.32. The molecule has 0 spiro atoms. The summed E-state index contributed by atoms with van der Waals surface area (Å²) in [5.41, 5.74) is -1.23. The Morgan fingerprint density at radius 3 is 2.50 bits per heavy atom. The molecule has 2 amide bonds. The van der Waals surface area contributed by atoms with Gasteiger partial charge in [-0.3, -0.25) is 0 Å². The van der Waals surface area contributed by atoms with E-state index in [9.17, 15) is 9.59 Å². The molecule has 2 N–H and O–H groups in total. The molecule has 0 aromatic rings. The van der Waals surface area contributed by atoms with E-state index in [-0.39, 0.29) is 10.8 Å². The first-order valence-corrected chi connectivity index (χ1v) is 7.07.